The summed E-state index contributed by atoms with van der Waals surface area (Å²) in [5.41, 5.74) is 2.46. The van der Waals surface area contributed by atoms with Gasteiger partial charge >= 0.3 is 0 Å². The zero-order valence-corrected chi connectivity index (χ0v) is 16.5. The third-order valence-corrected chi connectivity index (χ3v) is 5.96. The van der Waals surface area contributed by atoms with Crippen molar-refractivity contribution in [2.75, 3.05) is 31.1 Å². The van der Waals surface area contributed by atoms with Gasteiger partial charge in [0.05, 0.1) is 5.69 Å². The first-order chi connectivity index (χ1) is 13.5. The summed E-state index contributed by atoms with van der Waals surface area (Å²) in [4.78, 5) is 30.7. The van der Waals surface area contributed by atoms with Crippen molar-refractivity contribution < 1.29 is 9.18 Å². The number of rotatable bonds is 3. The standard InChI is InChI=1S/C20H20FN5OS/c1-13-11-17(23-12-22-13)25-7-9-26(10-8-25)20(27)18-14(2)24-19(28-18)15-3-5-16(21)6-4-15/h3-6,11-12H,7-10H2,1-2H3. The van der Waals surface area contributed by atoms with Crippen LogP contribution in [0.2, 0.25) is 0 Å². The molecule has 0 radical (unpaired) electrons. The van der Waals surface area contributed by atoms with Crippen molar-refractivity contribution in [2.24, 2.45) is 0 Å². The van der Waals surface area contributed by atoms with Crippen molar-refractivity contribution in [3.63, 3.8) is 0 Å². The van der Waals surface area contributed by atoms with Crippen LogP contribution in [0.15, 0.2) is 36.7 Å². The van der Waals surface area contributed by atoms with Crippen LogP contribution in [0.1, 0.15) is 21.1 Å². The minimum Gasteiger partial charge on any atom is -0.353 e. The predicted octanol–water partition coefficient (Wildman–Crippen LogP) is 3.32. The Morgan fingerprint density at radius 1 is 1.07 bits per heavy atom. The van der Waals surface area contributed by atoms with Gasteiger partial charge < -0.3 is 9.80 Å². The summed E-state index contributed by atoms with van der Waals surface area (Å²) in [5.74, 6) is 0.610. The van der Waals surface area contributed by atoms with Crippen LogP contribution < -0.4 is 4.90 Å². The Hall–Kier alpha value is -2.87. The molecule has 1 aliphatic rings. The van der Waals surface area contributed by atoms with Crippen molar-refractivity contribution in [3.05, 3.63) is 58.7 Å². The fourth-order valence-electron chi connectivity index (χ4n) is 3.21. The molecule has 2 aromatic heterocycles. The van der Waals surface area contributed by atoms with Crippen molar-refractivity contribution in [3.8, 4) is 10.6 Å². The van der Waals surface area contributed by atoms with Gasteiger partial charge in [-0.15, -0.1) is 11.3 Å². The number of aryl methyl sites for hydroxylation is 2. The number of hydrogen-bond donors (Lipinski definition) is 0. The summed E-state index contributed by atoms with van der Waals surface area (Å²) in [5, 5.41) is 0.732. The largest absolute Gasteiger partial charge is 0.353 e. The van der Waals surface area contributed by atoms with Gasteiger partial charge in [0.1, 0.15) is 27.8 Å². The van der Waals surface area contributed by atoms with E-state index < -0.39 is 0 Å². The lowest BCUT2D eigenvalue weighted by atomic mass is 10.2. The molecule has 1 amide bonds. The fourth-order valence-corrected chi connectivity index (χ4v) is 4.25. The molecule has 28 heavy (non-hydrogen) atoms. The van der Waals surface area contributed by atoms with Crippen molar-refractivity contribution >= 4 is 23.1 Å². The topological polar surface area (TPSA) is 62.2 Å². The first kappa shape index (κ1) is 18.5. The Morgan fingerprint density at radius 2 is 1.79 bits per heavy atom. The number of thiazole rings is 1. The monoisotopic (exact) mass is 397 g/mol. The number of piperazine rings is 1. The Labute approximate surface area is 166 Å². The second-order valence-electron chi connectivity index (χ2n) is 6.74. The van der Waals surface area contributed by atoms with Crippen LogP contribution in [0, 0.1) is 19.7 Å². The molecule has 0 saturated carbocycles. The number of amides is 1. The van der Waals surface area contributed by atoms with Crippen molar-refractivity contribution in [1.82, 2.24) is 19.9 Å². The molecule has 0 bridgehead atoms. The van der Waals surface area contributed by atoms with Crippen molar-refractivity contribution in [1.29, 1.82) is 0 Å². The maximum absolute atomic E-state index is 13.1. The molecule has 3 heterocycles. The van der Waals surface area contributed by atoms with Gasteiger partial charge in [-0.2, -0.15) is 0 Å². The van der Waals surface area contributed by atoms with Gasteiger partial charge in [-0.3, -0.25) is 4.79 Å². The summed E-state index contributed by atoms with van der Waals surface area (Å²) in [7, 11) is 0. The molecule has 0 aliphatic carbocycles. The second kappa shape index (κ2) is 7.63. The van der Waals surface area contributed by atoms with Crippen LogP contribution in [0.5, 0.6) is 0 Å². The van der Waals surface area contributed by atoms with E-state index in [9.17, 15) is 9.18 Å². The quantitative estimate of drug-likeness (QED) is 0.679. The lowest BCUT2D eigenvalue weighted by Crippen LogP contribution is -2.49. The third-order valence-electron chi connectivity index (χ3n) is 4.76. The summed E-state index contributed by atoms with van der Waals surface area (Å²) in [6.45, 7) is 6.50. The minimum absolute atomic E-state index is 0.00174. The second-order valence-corrected chi connectivity index (χ2v) is 7.74. The zero-order valence-electron chi connectivity index (χ0n) is 15.7. The smallest absolute Gasteiger partial charge is 0.265 e. The number of carbonyl (C=O) groups is 1. The summed E-state index contributed by atoms with van der Waals surface area (Å²) in [6.07, 6.45) is 1.57. The van der Waals surface area contributed by atoms with E-state index in [0.717, 1.165) is 35.2 Å². The highest BCUT2D eigenvalue weighted by Gasteiger charge is 2.26. The highest BCUT2D eigenvalue weighted by molar-refractivity contribution is 7.17. The van der Waals surface area contributed by atoms with E-state index in [0.29, 0.717) is 23.7 Å². The summed E-state index contributed by atoms with van der Waals surface area (Å²) in [6, 6.07) is 8.14. The van der Waals surface area contributed by atoms with Gasteiger partial charge in [0, 0.05) is 43.5 Å². The summed E-state index contributed by atoms with van der Waals surface area (Å²) >= 11 is 1.36. The van der Waals surface area contributed by atoms with Crippen LogP contribution in [0.3, 0.4) is 0 Å². The first-order valence-corrected chi connectivity index (χ1v) is 9.89. The number of benzene rings is 1. The Bertz CT molecular complexity index is 996. The number of nitrogens with zero attached hydrogens (tertiary/aromatic N) is 5. The first-order valence-electron chi connectivity index (χ1n) is 9.07. The Morgan fingerprint density at radius 3 is 2.46 bits per heavy atom. The average molecular weight is 397 g/mol. The predicted molar refractivity (Wildman–Crippen MR) is 107 cm³/mol. The molecule has 3 aromatic rings. The molecule has 0 spiro atoms. The molecule has 0 N–H and O–H groups in total. The molecular formula is C20H20FN5OS. The van der Waals surface area contributed by atoms with Crippen LogP contribution >= 0.6 is 11.3 Å². The number of carbonyl (C=O) groups excluding carboxylic acids is 1. The maximum Gasteiger partial charge on any atom is 0.265 e. The van der Waals surface area contributed by atoms with E-state index in [4.69, 9.17) is 0 Å². The van der Waals surface area contributed by atoms with Crippen LogP contribution in [0.25, 0.3) is 10.6 Å². The number of halogens is 1. The SMILES string of the molecule is Cc1cc(N2CCN(C(=O)c3sc(-c4ccc(F)cc4)nc3C)CC2)ncn1. The average Bonchev–Trinajstić information content (AvgIpc) is 3.10. The summed E-state index contributed by atoms with van der Waals surface area (Å²) < 4.78 is 13.1. The van der Waals surface area contributed by atoms with Gasteiger partial charge in [-0.05, 0) is 38.1 Å². The molecule has 0 atom stereocenters. The minimum atomic E-state index is -0.287. The van der Waals surface area contributed by atoms with Crippen molar-refractivity contribution in [2.45, 2.75) is 13.8 Å². The van der Waals surface area contributed by atoms with Gasteiger partial charge in [-0.25, -0.2) is 19.3 Å². The van der Waals surface area contributed by atoms with E-state index in [1.54, 1.807) is 18.5 Å². The Balaban J connectivity index is 1.46. The van der Waals surface area contributed by atoms with Crippen LogP contribution in [0.4, 0.5) is 10.2 Å². The van der Waals surface area contributed by atoms with Gasteiger partial charge in [0.25, 0.3) is 5.91 Å². The molecular weight excluding hydrogens is 377 g/mol. The molecule has 1 aromatic carbocycles. The normalized spacial score (nSPS) is 14.4. The van der Waals surface area contributed by atoms with E-state index >= 15 is 0 Å². The highest BCUT2D eigenvalue weighted by atomic mass is 32.1. The van der Waals surface area contributed by atoms with E-state index in [-0.39, 0.29) is 11.7 Å². The molecule has 1 saturated heterocycles. The zero-order chi connectivity index (χ0) is 19.7. The third kappa shape index (κ3) is 3.73. The van der Waals surface area contributed by atoms with E-state index in [1.165, 1.54) is 23.5 Å². The fraction of sp³-hybridized carbons (Fsp3) is 0.300. The Kier molecular flexibility index (Phi) is 5.04. The van der Waals surface area contributed by atoms with Gasteiger partial charge in [-0.1, -0.05) is 0 Å². The lowest BCUT2D eigenvalue weighted by Gasteiger charge is -2.35. The van der Waals surface area contributed by atoms with Gasteiger partial charge in [0.2, 0.25) is 0 Å². The molecule has 1 fully saturated rings. The van der Waals surface area contributed by atoms with E-state index in [2.05, 4.69) is 19.9 Å². The van der Waals surface area contributed by atoms with E-state index in [1.807, 2.05) is 24.8 Å². The lowest BCUT2D eigenvalue weighted by molar-refractivity contribution is 0.0750. The number of anilines is 1. The maximum atomic E-state index is 13.1. The molecule has 1 aliphatic heterocycles. The van der Waals surface area contributed by atoms with Crippen LogP contribution in [-0.2, 0) is 0 Å². The highest BCUT2D eigenvalue weighted by Crippen LogP contribution is 2.29. The molecule has 0 unspecified atom stereocenters. The molecule has 8 heteroatoms. The van der Waals surface area contributed by atoms with Crippen LogP contribution in [-0.4, -0.2) is 51.9 Å². The van der Waals surface area contributed by atoms with Gasteiger partial charge in [0.15, 0.2) is 0 Å². The molecule has 4 rings (SSSR count). The molecule has 6 nitrogen and oxygen atoms in total. The molecule has 144 valence electrons. The number of aromatic nitrogens is 3. The number of hydrogen-bond acceptors (Lipinski definition) is 6.